The van der Waals surface area contributed by atoms with Crippen LogP contribution in [0, 0.1) is 0 Å². The molecule has 0 aliphatic carbocycles. The van der Waals surface area contributed by atoms with Crippen molar-refractivity contribution in [1.29, 1.82) is 0 Å². The summed E-state index contributed by atoms with van der Waals surface area (Å²) in [6.45, 7) is 4.12. The van der Waals surface area contributed by atoms with Crippen molar-refractivity contribution >= 4 is 0 Å². The molecule has 5 heteroatoms. The van der Waals surface area contributed by atoms with Gasteiger partial charge in [0.05, 0.1) is 6.61 Å². The van der Waals surface area contributed by atoms with Crippen LogP contribution in [0.15, 0.2) is 12.7 Å². The molecular formula is C11H22O5. The summed E-state index contributed by atoms with van der Waals surface area (Å²) in [4.78, 5) is 4.52. The minimum Gasteiger partial charge on any atom is -0.219 e. The summed E-state index contributed by atoms with van der Waals surface area (Å²) in [6.07, 6.45) is 11.4. The van der Waals surface area contributed by atoms with Crippen LogP contribution in [-0.4, -0.2) is 11.9 Å². The molecule has 1 N–H and O–H groups in total. The van der Waals surface area contributed by atoms with Crippen LogP contribution in [0.25, 0.3) is 0 Å². The van der Waals surface area contributed by atoms with Crippen LogP contribution in [0.2, 0.25) is 0 Å². The van der Waals surface area contributed by atoms with Crippen molar-refractivity contribution < 1.29 is 25.3 Å². The van der Waals surface area contributed by atoms with E-state index in [-0.39, 0.29) is 0 Å². The van der Waals surface area contributed by atoms with E-state index in [9.17, 15) is 0 Å². The summed E-state index contributed by atoms with van der Waals surface area (Å²) in [7, 11) is 0. The molecule has 16 heavy (non-hydrogen) atoms. The monoisotopic (exact) mass is 234 g/mol. The number of hydrogen-bond donors (Lipinski definition) is 1. The second kappa shape index (κ2) is 14.5. The standard InChI is InChI=1S/C11H22O5/c1-2-3-4-5-6-7-8-9-10-11-13-15-16-14-12/h2,12H,1,3-11H2. The van der Waals surface area contributed by atoms with Crippen LogP contribution in [-0.2, 0) is 20.0 Å². The van der Waals surface area contributed by atoms with Crippen LogP contribution >= 0.6 is 0 Å². The normalized spacial score (nSPS) is 10.6. The minimum atomic E-state index is 0.430. The van der Waals surface area contributed by atoms with E-state index in [0.29, 0.717) is 6.61 Å². The SMILES string of the molecule is C=CCCCCCCCCCOOOOO. The lowest BCUT2D eigenvalue weighted by molar-refractivity contribution is -0.702. The van der Waals surface area contributed by atoms with Crippen LogP contribution in [0.5, 0.6) is 0 Å². The Morgan fingerprint density at radius 3 is 2.12 bits per heavy atom. The number of hydrogen-bond acceptors (Lipinski definition) is 5. The summed E-state index contributed by atoms with van der Waals surface area (Å²) >= 11 is 0. The van der Waals surface area contributed by atoms with Gasteiger partial charge in [-0.2, -0.15) is 0 Å². The molecule has 0 bridgehead atoms. The molecule has 0 heterocycles. The van der Waals surface area contributed by atoms with Gasteiger partial charge in [0.1, 0.15) is 0 Å². The first-order valence-corrected chi connectivity index (χ1v) is 5.79. The fourth-order valence-electron chi connectivity index (χ4n) is 1.40. The van der Waals surface area contributed by atoms with E-state index in [2.05, 4.69) is 26.6 Å². The molecule has 0 aliphatic rings. The molecule has 0 aromatic heterocycles. The Hall–Kier alpha value is -0.460. The molecule has 0 saturated carbocycles. The number of rotatable bonds is 13. The highest BCUT2D eigenvalue weighted by atomic mass is 17.8. The van der Waals surface area contributed by atoms with Gasteiger partial charge in [-0.3, -0.25) is 0 Å². The Labute approximate surface area is 96.7 Å². The third kappa shape index (κ3) is 13.5. The number of unbranched alkanes of at least 4 members (excludes halogenated alkanes) is 7. The van der Waals surface area contributed by atoms with E-state index in [1.807, 2.05) is 6.08 Å². The zero-order valence-electron chi connectivity index (χ0n) is 9.73. The predicted molar refractivity (Wildman–Crippen MR) is 59.0 cm³/mol. The van der Waals surface area contributed by atoms with Gasteiger partial charge in [0.2, 0.25) is 0 Å². The zero-order valence-corrected chi connectivity index (χ0v) is 9.73. The van der Waals surface area contributed by atoms with Crippen LogP contribution in [0.4, 0.5) is 0 Å². The lowest BCUT2D eigenvalue weighted by atomic mass is 10.1. The van der Waals surface area contributed by atoms with E-state index in [0.717, 1.165) is 19.3 Å². The third-order valence-electron chi connectivity index (χ3n) is 2.24. The summed E-state index contributed by atoms with van der Waals surface area (Å²) < 4.78 is 0. The van der Waals surface area contributed by atoms with Gasteiger partial charge in [-0.25, -0.2) is 10.1 Å². The van der Waals surface area contributed by atoms with Gasteiger partial charge >= 0.3 is 0 Å². The maximum Gasteiger partial charge on any atom is 0.0855 e. The van der Waals surface area contributed by atoms with Gasteiger partial charge < -0.3 is 0 Å². The Balaban J connectivity index is 2.85. The molecule has 0 unspecified atom stereocenters. The molecular weight excluding hydrogens is 212 g/mol. The van der Waals surface area contributed by atoms with E-state index >= 15 is 0 Å². The first kappa shape index (κ1) is 15.5. The van der Waals surface area contributed by atoms with Gasteiger partial charge in [0.15, 0.2) is 0 Å². The first-order chi connectivity index (χ1) is 7.91. The largest absolute Gasteiger partial charge is 0.219 e. The van der Waals surface area contributed by atoms with Gasteiger partial charge in [-0.05, 0) is 34.4 Å². The lowest BCUT2D eigenvalue weighted by Crippen LogP contribution is -1.97. The van der Waals surface area contributed by atoms with Crippen LogP contribution < -0.4 is 0 Å². The quantitative estimate of drug-likeness (QED) is 0.228. The fourth-order valence-corrected chi connectivity index (χ4v) is 1.40. The lowest BCUT2D eigenvalue weighted by Gasteiger charge is -2.01. The molecule has 0 aliphatic heterocycles. The van der Waals surface area contributed by atoms with Crippen molar-refractivity contribution in [2.45, 2.75) is 51.4 Å². The maximum atomic E-state index is 7.69. The van der Waals surface area contributed by atoms with Crippen molar-refractivity contribution in [3.63, 3.8) is 0 Å². The maximum absolute atomic E-state index is 7.69. The Morgan fingerprint density at radius 2 is 1.50 bits per heavy atom. The first-order valence-electron chi connectivity index (χ1n) is 5.79. The molecule has 0 aromatic rings. The van der Waals surface area contributed by atoms with Gasteiger partial charge in [-0.1, -0.05) is 38.2 Å². The summed E-state index contributed by atoms with van der Waals surface area (Å²) in [5.74, 6) is 0. The summed E-state index contributed by atoms with van der Waals surface area (Å²) in [6, 6.07) is 0. The molecule has 96 valence electrons. The number of allylic oxidation sites excluding steroid dienone is 1. The summed E-state index contributed by atoms with van der Waals surface area (Å²) in [5, 5.41) is 18.5. The summed E-state index contributed by atoms with van der Waals surface area (Å²) in [5.41, 5.74) is 0. The molecule has 0 fully saturated rings. The topological polar surface area (TPSA) is 57.2 Å². The van der Waals surface area contributed by atoms with Crippen LogP contribution in [0.3, 0.4) is 0 Å². The average molecular weight is 234 g/mol. The fraction of sp³-hybridized carbons (Fsp3) is 0.818. The smallest absolute Gasteiger partial charge is 0.0855 e. The second-order valence-electron chi connectivity index (χ2n) is 3.58. The average Bonchev–Trinajstić information content (AvgIpc) is 2.31. The Kier molecular flexibility index (Phi) is 14.1. The van der Waals surface area contributed by atoms with E-state index < -0.39 is 0 Å². The molecule has 0 saturated heterocycles. The third-order valence-corrected chi connectivity index (χ3v) is 2.24. The molecule has 5 nitrogen and oxygen atoms in total. The Morgan fingerprint density at radius 1 is 0.875 bits per heavy atom. The molecule has 0 aromatic carbocycles. The van der Waals surface area contributed by atoms with Crippen molar-refractivity contribution in [1.82, 2.24) is 0 Å². The van der Waals surface area contributed by atoms with Crippen molar-refractivity contribution in [2.24, 2.45) is 0 Å². The van der Waals surface area contributed by atoms with Gasteiger partial charge in [0.25, 0.3) is 0 Å². The molecule has 0 amide bonds. The van der Waals surface area contributed by atoms with E-state index in [1.54, 1.807) is 0 Å². The Bertz CT molecular complexity index is 140. The van der Waals surface area contributed by atoms with E-state index in [4.69, 9.17) is 5.26 Å². The van der Waals surface area contributed by atoms with Gasteiger partial charge in [0, 0.05) is 0 Å². The highest BCUT2D eigenvalue weighted by molar-refractivity contribution is 4.65. The van der Waals surface area contributed by atoms with Crippen LogP contribution in [0.1, 0.15) is 51.4 Å². The van der Waals surface area contributed by atoms with Crippen molar-refractivity contribution in [3.05, 3.63) is 12.7 Å². The molecule has 0 radical (unpaired) electrons. The zero-order chi connectivity index (χ0) is 11.9. The molecule has 0 atom stereocenters. The van der Waals surface area contributed by atoms with Crippen molar-refractivity contribution in [2.75, 3.05) is 6.61 Å². The van der Waals surface area contributed by atoms with Gasteiger partial charge in [-0.15, -0.1) is 6.58 Å². The minimum absolute atomic E-state index is 0.430. The van der Waals surface area contributed by atoms with Crippen molar-refractivity contribution in [3.8, 4) is 0 Å². The highest BCUT2D eigenvalue weighted by Crippen LogP contribution is 2.08. The highest BCUT2D eigenvalue weighted by Gasteiger charge is 1.93. The molecule has 0 rings (SSSR count). The molecule has 0 spiro atoms. The van der Waals surface area contributed by atoms with E-state index in [1.165, 1.54) is 32.1 Å². The predicted octanol–water partition coefficient (Wildman–Crippen LogP) is 3.58. The second-order valence-corrected chi connectivity index (χ2v) is 3.58.